The van der Waals surface area contributed by atoms with Crippen molar-refractivity contribution in [2.75, 3.05) is 20.6 Å². The number of aromatic nitrogens is 2. The summed E-state index contributed by atoms with van der Waals surface area (Å²) in [6.45, 7) is 5.22. The molecule has 0 aliphatic carbocycles. The molecule has 1 aromatic carbocycles. The molecule has 0 spiro atoms. The molecular weight excluding hydrogens is 420 g/mol. The average molecular weight is 453 g/mol. The van der Waals surface area contributed by atoms with E-state index < -0.39 is 0 Å². The zero-order valence-corrected chi connectivity index (χ0v) is 20.2. The Labute approximate surface area is 193 Å². The van der Waals surface area contributed by atoms with Crippen molar-refractivity contribution in [3.8, 4) is 0 Å². The lowest BCUT2D eigenvalue weighted by molar-refractivity contribution is 0.0945. The number of hydrogen-bond donors (Lipinski definition) is 1. The molecule has 1 unspecified atom stereocenters. The van der Waals surface area contributed by atoms with E-state index >= 15 is 0 Å². The lowest BCUT2D eigenvalue weighted by atomic mass is 10.0. The zero-order valence-electron chi connectivity index (χ0n) is 19.4. The van der Waals surface area contributed by atoms with E-state index in [1.165, 1.54) is 22.5 Å². The van der Waals surface area contributed by atoms with Crippen LogP contribution in [-0.4, -0.2) is 41.0 Å². The second-order valence-electron chi connectivity index (χ2n) is 8.82. The Hall–Kier alpha value is -2.51. The third-order valence-electron chi connectivity index (χ3n) is 6.47. The first-order valence-electron chi connectivity index (χ1n) is 11.5. The lowest BCUT2D eigenvalue weighted by Crippen LogP contribution is -2.34. The van der Waals surface area contributed by atoms with Crippen molar-refractivity contribution >= 4 is 27.5 Å². The van der Waals surface area contributed by atoms with Gasteiger partial charge >= 0.3 is 0 Å². The Morgan fingerprint density at radius 1 is 1.22 bits per heavy atom. The standard InChI is InChI=1S/C25H32N4O2S/c1-5-17-10-12-18(13-11-17)19(28(3)4)15-26-23(30)22-16(2)21-24(32-22)27-20-9-7-6-8-14-29(20)25(21)31/h10-13,19H,5-9,14-15H2,1-4H3,(H,26,30). The number of carbonyl (C=O) groups excluding carboxylic acids is 1. The van der Waals surface area contributed by atoms with Crippen LogP contribution in [0.25, 0.3) is 10.2 Å². The number of hydrogen-bond acceptors (Lipinski definition) is 5. The molecular formula is C25H32N4O2S. The maximum absolute atomic E-state index is 13.2. The molecule has 0 radical (unpaired) electrons. The summed E-state index contributed by atoms with van der Waals surface area (Å²) < 4.78 is 1.82. The van der Waals surface area contributed by atoms with Crippen LogP contribution in [0, 0.1) is 6.92 Å². The molecule has 1 atom stereocenters. The fourth-order valence-electron chi connectivity index (χ4n) is 4.47. The van der Waals surface area contributed by atoms with Gasteiger partial charge in [-0.25, -0.2) is 4.98 Å². The maximum Gasteiger partial charge on any atom is 0.262 e. The van der Waals surface area contributed by atoms with Gasteiger partial charge in [-0.15, -0.1) is 11.3 Å². The van der Waals surface area contributed by atoms with Gasteiger partial charge in [0, 0.05) is 19.5 Å². The van der Waals surface area contributed by atoms with Crippen LogP contribution in [0.3, 0.4) is 0 Å². The summed E-state index contributed by atoms with van der Waals surface area (Å²) in [5, 5.41) is 3.70. The number of likely N-dealkylation sites (N-methyl/N-ethyl adjacent to an activating group) is 1. The summed E-state index contributed by atoms with van der Waals surface area (Å²) in [4.78, 5) is 34.5. The number of fused-ring (bicyclic) bond motifs is 2. The van der Waals surface area contributed by atoms with Gasteiger partial charge in [0.1, 0.15) is 10.7 Å². The van der Waals surface area contributed by atoms with E-state index in [9.17, 15) is 9.59 Å². The van der Waals surface area contributed by atoms with Crippen LogP contribution in [-0.2, 0) is 19.4 Å². The quantitative estimate of drug-likeness (QED) is 0.612. The molecule has 32 heavy (non-hydrogen) atoms. The van der Waals surface area contributed by atoms with Crippen molar-refractivity contribution in [1.82, 2.24) is 19.8 Å². The molecule has 6 nitrogen and oxygen atoms in total. The Morgan fingerprint density at radius 2 is 1.97 bits per heavy atom. The van der Waals surface area contributed by atoms with Crippen molar-refractivity contribution < 1.29 is 4.79 Å². The molecule has 0 saturated carbocycles. The first-order valence-corrected chi connectivity index (χ1v) is 12.3. The molecule has 1 N–H and O–H groups in total. The van der Waals surface area contributed by atoms with E-state index in [4.69, 9.17) is 4.98 Å². The van der Waals surface area contributed by atoms with Gasteiger partial charge in [-0.2, -0.15) is 0 Å². The molecule has 170 valence electrons. The number of nitrogens with zero attached hydrogens (tertiary/aromatic N) is 3. The van der Waals surface area contributed by atoms with Gasteiger partial charge in [-0.05, 0) is 57.0 Å². The molecule has 0 saturated heterocycles. The molecule has 7 heteroatoms. The number of aryl methyl sites for hydroxylation is 3. The largest absolute Gasteiger partial charge is 0.349 e. The predicted molar refractivity (Wildman–Crippen MR) is 131 cm³/mol. The smallest absolute Gasteiger partial charge is 0.262 e. The Balaban J connectivity index is 1.58. The van der Waals surface area contributed by atoms with E-state index in [1.807, 2.05) is 25.6 Å². The van der Waals surface area contributed by atoms with Crippen LogP contribution >= 0.6 is 11.3 Å². The van der Waals surface area contributed by atoms with E-state index in [1.54, 1.807) is 0 Å². The highest BCUT2D eigenvalue weighted by Gasteiger charge is 2.23. The van der Waals surface area contributed by atoms with Crippen molar-refractivity contribution in [1.29, 1.82) is 0 Å². The molecule has 3 aromatic rings. The van der Waals surface area contributed by atoms with Crippen molar-refractivity contribution in [2.45, 2.75) is 58.5 Å². The molecule has 3 heterocycles. The van der Waals surface area contributed by atoms with E-state index in [2.05, 4.69) is 41.4 Å². The molecule has 0 fully saturated rings. The Bertz CT molecular complexity index is 1180. The SMILES string of the molecule is CCc1ccc(C(CNC(=O)c2sc3nc4n(c(=O)c3c2C)CCCCC4)N(C)C)cc1. The van der Waals surface area contributed by atoms with Gasteiger partial charge in [0.15, 0.2) is 0 Å². The highest BCUT2D eigenvalue weighted by atomic mass is 32.1. The first kappa shape index (κ1) is 22.7. The molecule has 2 aromatic heterocycles. The maximum atomic E-state index is 13.2. The Morgan fingerprint density at radius 3 is 2.66 bits per heavy atom. The van der Waals surface area contributed by atoms with Crippen LogP contribution in [0.15, 0.2) is 29.1 Å². The topological polar surface area (TPSA) is 67.2 Å². The second-order valence-corrected chi connectivity index (χ2v) is 9.82. The highest BCUT2D eigenvalue weighted by molar-refractivity contribution is 7.20. The molecule has 1 amide bonds. The summed E-state index contributed by atoms with van der Waals surface area (Å²) in [5.41, 5.74) is 3.22. The normalized spacial score (nSPS) is 14.9. The Kier molecular flexibility index (Phi) is 6.76. The molecule has 1 aliphatic heterocycles. The van der Waals surface area contributed by atoms with Gasteiger partial charge in [-0.3, -0.25) is 14.2 Å². The number of amides is 1. The predicted octanol–water partition coefficient (Wildman–Crippen LogP) is 4.09. The van der Waals surface area contributed by atoms with Gasteiger partial charge in [-0.1, -0.05) is 37.6 Å². The number of thiophene rings is 1. The van der Waals surface area contributed by atoms with Crippen LogP contribution in [0.4, 0.5) is 0 Å². The number of benzene rings is 1. The van der Waals surface area contributed by atoms with E-state index in [0.29, 0.717) is 21.6 Å². The fourth-order valence-corrected chi connectivity index (χ4v) is 5.58. The van der Waals surface area contributed by atoms with Gasteiger partial charge in [0.2, 0.25) is 0 Å². The number of carbonyl (C=O) groups is 1. The molecule has 1 aliphatic rings. The van der Waals surface area contributed by atoms with Crippen LogP contribution in [0.5, 0.6) is 0 Å². The summed E-state index contributed by atoms with van der Waals surface area (Å²) in [7, 11) is 4.04. The van der Waals surface area contributed by atoms with Crippen molar-refractivity contribution in [3.05, 3.63) is 62.0 Å². The fraction of sp³-hybridized carbons (Fsp3) is 0.480. The number of nitrogens with one attached hydrogen (secondary N) is 1. The van der Waals surface area contributed by atoms with E-state index in [-0.39, 0.29) is 17.5 Å². The van der Waals surface area contributed by atoms with Gasteiger partial charge in [0.05, 0.1) is 16.3 Å². The highest BCUT2D eigenvalue weighted by Crippen LogP contribution is 2.28. The van der Waals surface area contributed by atoms with Gasteiger partial charge < -0.3 is 10.2 Å². The lowest BCUT2D eigenvalue weighted by Gasteiger charge is -2.25. The minimum Gasteiger partial charge on any atom is -0.349 e. The summed E-state index contributed by atoms with van der Waals surface area (Å²) >= 11 is 1.34. The summed E-state index contributed by atoms with van der Waals surface area (Å²) in [6.07, 6.45) is 5.01. The first-order chi connectivity index (χ1) is 15.4. The average Bonchev–Trinajstić information content (AvgIpc) is 2.95. The zero-order chi connectivity index (χ0) is 22.8. The van der Waals surface area contributed by atoms with Crippen molar-refractivity contribution in [2.24, 2.45) is 0 Å². The van der Waals surface area contributed by atoms with Crippen LogP contribution in [0.2, 0.25) is 0 Å². The second kappa shape index (κ2) is 9.55. The van der Waals surface area contributed by atoms with Gasteiger partial charge in [0.25, 0.3) is 11.5 Å². The third kappa shape index (κ3) is 4.36. The summed E-state index contributed by atoms with van der Waals surface area (Å²) in [6, 6.07) is 8.63. The molecule has 0 bridgehead atoms. The summed E-state index contributed by atoms with van der Waals surface area (Å²) in [5.74, 6) is 0.721. The third-order valence-corrected chi connectivity index (χ3v) is 7.65. The van der Waals surface area contributed by atoms with Crippen molar-refractivity contribution in [3.63, 3.8) is 0 Å². The monoisotopic (exact) mass is 452 g/mol. The molecule has 4 rings (SSSR count). The minimum absolute atomic E-state index is 0.00174. The minimum atomic E-state index is -0.137. The number of rotatable bonds is 6. The van der Waals surface area contributed by atoms with Crippen LogP contribution in [0.1, 0.15) is 64.4 Å². The van der Waals surface area contributed by atoms with Crippen LogP contribution < -0.4 is 10.9 Å². The van der Waals surface area contributed by atoms with E-state index in [0.717, 1.165) is 50.0 Å².